The molecule has 1 rings (SSSR count). The summed E-state index contributed by atoms with van der Waals surface area (Å²) in [5.74, 6) is -7.78. The van der Waals surface area contributed by atoms with Crippen LogP contribution in [-0.2, 0) is 18.4 Å². The summed E-state index contributed by atoms with van der Waals surface area (Å²) in [5.41, 5.74) is 0.925. The zero-order valence-electron chi connectivity index (χ0n) is 9.48. The van der Waals surface area contributed by atoms with Gasteiger partial charge in [-0.3, -0.25) is 9.48 Å². The van der Waals surface area contributed by atoms with Crippen molar-refractivity contribution >= 4 is 5.91 Å². The van der Waals surface area contributed by atoms with Gasteiger partial charge in [0, 0.05) is 24.8 Å². The van der Waals surface area contributed by atoms with Crippen molar-refractivity contribution in [3.63, 3.8) is 0 Å². The normalized spacial score (nSPS) is 12.6. The highest BCUT2D eigenvalue weighted by Gasteiger charge is 2.63. The molecule has 0 saturated heterocycles. The standard InChI is InChI=1S/C9H10F5N3O/c1-5-6(4-16-17(5)2)3-15-7(18)8(10,11)9(12,13)14/h4H,3H2,1-2H3,(H,15,18). The Morgan fingerprint density at radius 2 is 1.94 bits per heavy atom. The second-order valence-corrected chi connectivity index (χ2v) is 3.63. The molecule has 1 aromatic rings. The van der Waals surface area contributed by atoms with E-state index in [1.807, 2.05) is 0 Å². The Bertz CT molecular complexity index is 452. The van der Waals surface area contributed by atoms with E-state index in [1.165, 1.54) is 16.2 Å². The van der Waals surface area contributed by atoms with Gasteiger partial charge in [-0.25, -0.2) is 0 Å². The first-order valence-electron chi connectivity index (χ1n) is 4.77. The highest BCUT2D eigenvalue weighted by Crippen LogP contribution is 2.35. The molecule has 0 saturated carbocycles. The van der Waals surface area contributed by atoms with Crippen molar-refractivity contribution in [3.8, 4) is 0 Å². The van der Waals surface area contributed by atoms with Crippen LogP contribution in [0, 0.1) is 6.92 Å². The van der Waals surface area contributed by atoms with Crippen LogP contribution < -0.4 is 5.32 Å². The SMILES string of the molecule is Cc1c(CNC(=O)C(F)(F)C(F)(F)F)cnn1C. The summed E-state index contributed by atoms with van der Waals surface area (Å²) >= 11 is 0. The lowest BCUT2D eigenvalue weighted by atomic mass is 10.2. The van der Waals surface area contributed by atoms with Crippen LogP contribution in [0.25, 0.3) is 0 Å². The van der Waals surface area contributed by atoms with Crippen molar-refractivity contribution < 1.29 is 26.7 Å². The van der Waals surface area contributed by atoms with Crippen LogP contribution in [0.3, 0.4) is 0 Å². The Labute approximate surface area is 98.8 Å². The number of carbonyl (C=O) groups excluding carboxylic acids is 1. The lowest BCUT2D eigenvalue weighted by molar-refractivity contribution is -0.269. The molecule has 18 heavy (non-hydrogen) atoms. The smallest absolute Gasteiger partial charge is 0.346 e. The first kappa shape index (κ1) is 14.4. The molecule has 0 aliphatic carbocycles. The van der Waals surface area contributed by atoms with E-state index in [-0.39, 0.29) is 0 Å². The predicted octanol–water partition coefficient (Wildman–Crippen LogP) is 1.54. The molecule has 1 amide bonds. The van der Waals surface area contributed by atoms with E-state index in [4.69, 9.17) is 0 Å². The topological polar surface area (TPSA) is 46.9 Å². The molecule has 1 aromatic heterocycles. The number of nitrogens with zero attached hydrogens (tertiary/aromatic N) is 2. The molecule has 0 aliphatic heterocycles. The van der Waals surface area contributed by atoms with E-state index in [9.17, 15) is 26.7 Å². The maximum absolute atomic E-state index is 12.6. The zero-order chi connectivity index (χ0) is 14.1. The number of hydrogen-bond acceptors (Lipinski definition) is 2. The predicted molar refractivity (Wildman–Crippen MR) is 50.8 cm³/mol. The first-order chi connectivity index (χ1) is 8.07. The third kappa shape index (κ3) is 2.59. The number of alkyl halides is 5. The maximum Gasteiger partial charge on any atom is 0.463 e. The number of nitrogens with one attached hydrogen (secondary N) is 1. The van der Waals surface area contributed by atoms with Crippen LogP contribution in [0.5, 0.6) is 0 Å². The second kappa shape index (κ2) is 4.54. The molecular weight excluding hydrogens is 261 g/mol. The van der Waals surface area contributed by atoms with Crippen molar-refractivity contribution in [2.75, 3.05) is 0 Å². The van der Waals surface area contributed by atoms with Crippen LogP contribution in [0.15, 0.2) is 6.20 Å². The average molecular weight is 271 g/mol. The molecular formula is C9H10F5N3O. The molecule has 1 heterocycles. The fourth-order valence-corrected chi connectivity index (χ4v) is 1.13. The van der Waals surface area contributed by atoms with Crippen LogP contribution >= 0.6 is 0 Å². The quantitative estimate of drug-likeness (QED) is 0.848. The number of amides is 1. The van der Waals surface area contributed by atoms with Gasteiger partial charge in [0.2, 0.25) is 0 Å². The van der Waals surface area contributed by atoms with E-state index in [0.717, 1.165) is 0 Å². The van der Waals surface area contributed by atoms with E-state index in [1.54, 1.807) is 14.0 Å². The minimum atomic E-state index is -5.90. The van der Waals surface area contributed by atoms with Crippen molar-refractivity contribution in [2.45, 2.75) is 25.6 Å². The maximum atomic E-state index is 12.6. The Kier molecular flexibility index (Phi) is 3.63. The molecule has 0 radical (unpaired) electrons. The minimum Gasteiger partial charge on any atom is -0.346 e. The molecule has 0 aromatic carbocycles. The molecule has 0 unspecified atom stereocenters. The Morgan fingerprint density at radius 3 is 2.33 bits per heavy atom. The average Bonchev–Trinajstić information content (AvgIpc) is 2.55. The molecule has 0 aliphatic rings. The van der Waals surface area contributed by atoms with Crippen LogP contribution in [0.1, 0.15) is 11.3 Å². The number of carbonyl (C=O) groups is 1. The third-order valence-electron chi connectivity index (χ3n) is 2.42. The van der Waals surface area contributed by atoms with Crippen molar-refractivity contribution in [2.24, 2.45) is 7.05 Å². The lowest BCUT2D eigenvalue weighted by Crippen LogP contribution is -2.50. The lowest BCUT2D eigenvalue weighted by Gasteiger charge is -2.18. The van der Waals surface area contributed by atoms with Crippen molar-refractivity contribution in [1.29, 1.82) is 0 Å². The van der Waals surface area contributed by atoms with Gasteiger partial charge >= 0.3 is 18.0 Å². The second-order valence-electron chi connectivity index (χ2n) is 3.63. The molecule has 0 fully saturated rings. The largest absolute Gasteiger partial charge is 0.463 e. The number of aromatic nitrogens is 2. The number of aryl methyl sites for hydroxylation is 1. The Balaban J connectivity index is 2.70. The van der Waals surface area contributed by atoms with E-state index >= 15 is 0 Å². The zero-order valence-corrected chi connectivity index (χ0v) is 9.48. The van der Waals surface area contributed by atoms with Gasteiger partial charge < -0.3 is 5.32 Å². The van der Waals surface area contributed by atoms with Gasteiger partial charge in [0.1, 0.15) is 0 Å². The molecule has 1 N–H and O–H groups in total. The highest BCUT2D eigenvalue weighted by molar-refractivity contribution is 5.84. The Hall–Kier alpha value is -1.67. The van der Waals surface area contributed by atoms with Gasteiger partial charge in [-0.15, -0.1) is 0 Å². The van der Waals surface area contributed by atoms with E-state index in [2.05, 4.69) is 5.10 Å². The molecule has 0 bridgehead atoms. The van der Waals surface area contributed by atoms with Crippen LogP contribution in [-0.4, -0.2) is 27.8 Å². The fourth-order valence-electron chi connectivity index (χ4n) is 1.13. The number of halogens is 5. The van der Waals surface area contributed by atoms with Gasteiger partial charge in [0.25, 0.3) is 0 Å². The number of hydrogen-bond donors (Lipinski definition) is 1. The molecule has 0 atom stereocenters. The van der Waals surface area contributed by atoms with Gasteiger partial charge in [0.05, 0.1) is 6.20 Å². The van der Waals surface area contributed by atoms with Gasteiger partial charge in [-0.1, -0.05) is 0 Å². The summed E-state index contributed by atoms with van der Waals surface area (Å²) in [6.07, 6.45) is -4.62. The Morgan fingerprint density at radius 1 is 1.39 bits per heavy atom. The summed E-state index contributed by atoms with van der Waals surface area (Å²) in [6.45, 7) is 1.15. The summed E-state index contributed by atoms with van der Waals surface area (Å²) in [6, 6.07) is 0. The summed E-state index contributed by atoms with van der Waals surface area (Å²) in [4.78, 5) is 10.8. The summed E-state index contributed by atoms with van der Waals surface area (Å²) in [5, 5.41) is 5.30. The van der Waals surface area contributed by atoms with E-state index in [0.29, 0.717) is 11.3 Å². The van der Waals surface area contributed by atoms with Gasteiger partial charge in [0.15, 0.2) is 0 Å². The highest BCUT2D eigenvalue weighted by atomic mass is 19.4. The van der Waals surface area contributed by atoms with Crippen LogP contribution in [0.4, 0.5) is 22.0 Å². The van der Waals surface area contributed by atoms with Gasteiger partial charge in [-0.2, -0.15) is 27.1 Å². The van der Waals surface area contributed by atoms with E-state index < -0.39 is 24.6 Å². The molecule has 4 nitrogen and oxygen atoms in total. The van der Waals surface area contributed by atoms with Crippen molar-refractivity contribution in [1.82, 2.24) is 15.1 Å². The summed E-state index contributed by atoms with van der Waals surface area (Å²) in [7, 11) is 1.57. The monoisotopic (exact) mass is 271 g/mol. The van der Waals surface area contributed by atoms with Gasteiger partial charge in [-0.05, 0) is 6.92 Å². The third-order valence-corrected chi connectivity index (χ3v) is 2.42. The minimum absolute atomic E-state index is 0.365. The summed E-state index contributed by atoms with van der Waals surface area (Å²) < 4.78 is 62.2. The van der Waals surface area contributed by atoms with Crippen LogP contribution in [0.2, 0.25) is 0 Å². The molecule has 0 spiro atoms. The molecule has 9 heteroatoms. The van der Waals surface area contributed by atoms with Crippen molar-refractivity contribution in [3.05, 3.63) is 17.5 Å². The fraction of sp³-hybridized carbons (Fsp3) is 0.556. The molecule has 102 valence electrons. The first-order valence-corrected chi connectivity index (χ1v) is 4.77. The number of rotatable bonds is 3.